The average molecular weight is 427 g/mol. The summed E-state index contributed by atoms with van der Waals surface area (Å²) in [7, 11) is 1.66. The van der Waals surface area contributed by atoms with Crippen molar-refractivity contribution in [2.24, 2.45) is 5.41 Å². The highest BCUT2D eigenvalue weighted by Crippen LogP contribution is 2.37. The van der Waals surface area contributed by atoms with Crippen molar-refractivity contribution >= 4 is 22.8 Å². The van der Waals surface area contributed by atoms with Gasteiger partial charge in [0.2, 0.25) is 0 Å². The van der Waals surface area contributed by atoms with Crippen molar-refractivity contribution < 1.29 is 23.4 Å². The van der Waals surface area contributed by atoms with E-state index in [0.717, 1.165) is 12.1 Å². The van der Waals surface area contributed by atoms with Crippen LogP contribution in [0.1, 0.15) is 31.9 Å². The molecule has 1 N–H and O–H groups in total. The van der Waals surface area contributed by atoms with Gasteiger partial charge < -0.3 is 19.2 Å². The van der Waals surface area contributed by atoms with E-state index in [1.54, 1.807) is 26.3 Å². The molecule has 0 unspecified atom stereocenters. The van der Waals surface area contributed by atoms with Gasteiger partial charge in [-0.05, 0) is 50.8 Å². The third kappa shape index (κ3) is 4.25. The number of furan rings is 1. The number of aromatic nitrogens is 2. The van der Waals surface area contributed by atoms with Crippen molar-refractivity contribution in [1.29, 1.82) is 0 Å². The summed E-state index contributed by atoms with van der Waals surface area (Å²) < 4.78 is 24.9. The number of anilines is 1. The summed E-state index contributed by atoms with van der Waals surface area (Å²) in [4.78, 5) is 23.2. The first-order valence-corrected chi connectivity index (χ1v) is 10.4. The van der Waals surface area contributed by atoms with Crippen molar-refractivity contribution in [2.45, 2.75) is 32.6 Å². The van der Waals surface area contributed by atoms with Gasteiger partial charge in [0.25, 0.3) is 0 Å². The molecular weight excluding hydrogens is 401 g/mol. The number of piperidine rings is 1. The second-order valence-electron chi connectivity index (χ2n) is 8.28. The topological polar surface area (TPSA) is 88.7 Å². The number of hydrogen-bond donors (Lipinski definition) is 1. The Labute approximate surface area is 179 Å². The Morgan fingerprint density at radius 1 is 1.35 bits per heavy atom. The lowest BCUT2D eigenvalue weighted by molar-refractivity contribution is -0.149. The first-order chi connectivity index (χ1) is 14.9. The number of fused-ring (bicyclic) bond motifs is 1. The van der Waals surface area contributed by atoms with Crippen LogP contribution in [0.3, 0.4) is 0 Å². The Kier molecular flexibility index (Phi) is 5.91. The van der Waals surface area contributed by atoms with Crippen molar-refractivity contribution in [3.63, 3.8) is 0 Å². The highest BCUT2D eigenvalue weighted by atomic mass is 19.1. The number of hydrogen-bond acceptors (Lipinski definition) is 6. The number of halogens is 1. The van der Waals surface area contributed by atoms with E-state index < -0.39 is 17.2 Å². The summed E-state index contributed by atoms with van der Waals surface area (Å²) >= 11 is 0. The van der Waals surface area contributed by atoms with E-state index in [0.29, 0.717) is 61.4 Å². The molecule has 1 aliphatic heterocycles. The van der Waals surface area contributed by atoms with Crippen LogP contribution in [0.25, 0.3) is 22.2 Å². The first kappa shape index (κ1) is 21.2. The van der Waals surface area contributed by atoms with Gasteiger partial charge in [-0.15, -0.1) is 0 Å². The van der Waals surface area contributed by atoms with Crippen LogP contribution in [-0.2, 0) is 16.0 Å². The molecule has 0 saturated carbocycles. The van der Waals surface area contributed by atoms with Gasteiger partial charge in [0.05, 0.1) is 17.4 Å². The molecule has 1 aliphatic rings. The number of aryl methyl sites for hydroxylation is 1. The summed E-state index contributed by atoms with van der Waals surface area (Å²) in [5.74, 6) is -0.574. The van der Waals surface area contributed by atoms with Gasteiger partial charge in [0.15, 0.2) is 17.2 Å². The molecule has 0 atom stereocenters. The molecule has 1 aromatic carbocycles. The van der Waals surface area contributed by atoms with E-state index in [2.05, 4.69) is 9.88 Å². The quantitative estimate of drug-likeness (QED) is 0.563. The summed E-state index contributed by atoms with van der Waals surface area (Å²) in [5, 5.41) is 10.2. The van der Waals surface area contributed by atoms with Gasteiger partial charge >= 0.3 is 5.97 Å². The van der Waals surface area contributed by atoms with Gasteiger partial charge in [-0.3, -0.25) is 9.78 Å². The Hall–Kier alpha value is -3.00. The number of carboxylic acid groups (broad SMARTS) is 1. The normalized spacial score (nSPS) is 16.0. The van der Waals surface area contributed by atoms with Crippen LogP contribution in [0, 0.1) is 11.2 Å². The van der Waals surface area contributed by atoms with Gasteiger partial charge in [0.1, 0.15) is 5.69 Å². The van der Waals surface area contributed by atoms with Gasteiger partial charge in [-0.1, -0.05) is 0 Å². The Balaban J connectivity index is 1.71. The van der Waals surface area contributed by atoms with Crippen molar-refractivity contribution in [3.8, 4) is 11.3 Å². The van der Waals surface area contributed by atoms with E-state index in [1.165, 1.54) is 12.3 Å². The number of ether oxygens (including phenoxy) is 1. The molecule has 2 aromatic heterocycles. The standard InChI is InChI=1S/C23H26FN3O4/c1-23(22(28)29)6-8-27(9-7-23)21-19(25-14-17(26-21)4-3-10-30-2)16-12-15-5-11-31-20(15)18(24)13-16/h5,11-14H,3-4,6-10H2,1-2H3,(H,28,29). The lowest BCUT2D eigenvalue weighted by Gasteiger charge is -2.37. The Morgan fingerprint density at radius 2 is 2.13 bits per heavy atom. The summed E-state index contributed by atoms with van der Waals surface area (Å²) in [5.41, 5.74) is 1.49. The van der Waals surface area contributed by atoms with E-state index >= 15 is 0 Å². The van der Waals surface area contributed by atoms with Crippen LogP contribution in [0.5, 0.6) is 0 Å². The minimum Gasteiger partial charge on any atom is -0.481 e. The smallest absolute Gasteiger partial charge is 0.309 e. The zero-order chi connectivity index (χ0) is 22.0. The average Bonchev–Trinajstić information content (AvgIpc) is 3.24. The zero-order valence-electron chi connectivity index (χ0n) is 17.7. The summed E-state index contributed by atoms with van der Waals surface area (Å²) in [6.07, 6.45) is 5.72. The maximum absolute atomic E-state index is 14.6. The summed E-state index contributed by atoms with van der Waals surface area (Å²) in [6.45, 7) is 3.50. The molecule has 0 spiro atoms. The molecule has 0 aliphatic carbocycles. The summed E-state index contributed by atoms with van der Waals surface area (Å²) in [6, 6.07) is 4.97. The number of methoxy groups -OCH3 is 1. The van der Waals surface area contributed by atoms with Crippen LogP contribution in [0.15, 0.2) is 35.1 Å². The lowest BCUT2D eigenvalue weighted by atomic mass is 9.80. The predicted molar refractivity (Wildman–Crippen MR) is 115 cm³/mol. The van der Waals surface area contributed by atoms with Crippen molar-refractivity contribution in [3.05, 3.63) is 42.2 Å². The Bertz CT molecular complexity index is 1090. The molecule has 0 amide bonds. The fourth-order valence-electron chi connectivity index (χ4n) is 3.96. The maximum Gasteiger partial charge on any atom is 0.309 e. The lowest BCUT2D eigenvalue weighted by Crippen LogP contribution is -2.43. The van der Waals surface area contributed by atoms with E-state index in [-0.39, 0.29) is 5.58 Å². The number of carbonyl (C=O) groups is 1. The predicted octanol–water partition coefficient (Wildman–Crippen LogP) is 4.30. The zero-order valence-corrected chi connectivity index (χ0v) is 17.7. The highest BCUT2D eigenvalue weighted by molar-refractivity contribution is 5.85. The molecule has 1 fully saturated rings. The fraction of sp³-hybridized carbons (Fsp3) is 0.435. The molecule has 0 radical (unpaired) electrons. The minimum absolute atomic E-state index is 0.213. The minimum atomic E-state index is -0.778. The van der Waals surface area contributed by atoms with Gasteiger partial charge in [-0.2, -0.15) is 0 Å². The van der Waals surface area contributed by atoms with Crippen LogP contribution in [-0.4, -0.2) is 47.8 Å². The van der Waals surface area contributed by atoms with Crippen LogP contribution < -0.4 is 4.90 Å². The molecule has 31 heavy (non-hydrogen) atoms. The molecule has 164 valence electrons. The highest BCUT2D eigenvalue weighted by Gasteiger charge is 2.37. The van der Waals surface area contributed by atoms with Gasteiger partial charge in [-0.25, -0.2) is 9.37 Å². The molecule has 7 nitrogen and oxygen atoms in total. The number of aliphatic carboxylic acids is 1. The first-order valence-electron chi connectivity index (χ1n) is 10.4. The number of nitrogens with zero attached hydrogens (tertiary/aromatic N) is 3. The fourth-order valence-corrected chi connectivity index (χ4v) is 3.96. The van der Waals surface area contributed by atoms with Crippen LogP contribution in [0.2, 0.25) is 0 Å². The third-order valence-corrected chi connectivity index (χ3v) is 6.05. The molecule has 8 heteroatoms. The number of carboxylic acids is 1. The van der Waals surface area contributed by atoms with E-state index in [9.17, 15) is 14.3 Å². The Morgan fingerprint density at radius 3 is 2.84 bits per heavy atom. The van der Waals surface area contributed by atoms with Crippen molar-refractivity contribution in [1.82, 2.24) is 9.97 Å². The van der Waals surface area contributed by atoms with Crippen LogP contribution in [0.4, 0.5) is 10.2 Å². The van der Waals surface area contributed by atoms with Gasteiger partial charge in [0, 0.05) is 44.0 Å². The third-order valence-electron chi connectivity index (χ3n) is 6.05. The maximum atomic E-state index is 14.6. The molecule has 3 aromatic rings. The van der Waals surface area contributed by atoms with Crippen molar-refractivity contribution in [2.75, 3.05) is 31.7 Å². The second-order valence-corrected chi connectivity index (χ2v) is 8.28. The largest absolute Gasteiger partial charge is 0.481 e. The molecule has 4 rings (SSSR count). The molecule has 3 heterocycles. The second kappa shape index (κ2) is 8.63. The molecule has 0 bridgehead atoms. The van der Waals surface area contributed by atoms with E-state index in [4.69, 9.17) is 14.1 Å². The molecular formula is C23H26FN3O4. The number of benzene rings is 1. The SMILES string of the molecule is COCCCc1cnc(-c2cc(F)c3occc3c2)c(N2CCC(C)(C(=O)O)CC2)n1. The number of rotatable bonds is 7. The van der Waals surface area contributed by atoms with Crippen LogP contribution >= 0.6 is 0 Å². The molecule has 1 saturated heterocycles. The van der Waals surface area contributed by atoms with E-state index in [1.807, 2.05) is 6.07 Å². The monoisotopic (exact) mass is 427 g/mol.